The van der Waals surface area contributed by atoms with E-state index >= 15 is 0 Å². The first kappa shape index (κ1) is 10.2. The number of halogens is 1. The van der Waals surface area contributed by atoms with Crippen LogP contribution in [-0.2, 0) is 5.41 Å². The summed E-state index contributed by atoms with van der Waals surface area (Å²) in [7, 11) is 0. The first-order valence-corrected chi connectivity index (χ1v) is 5.94. The highest BCUT2D eigenvalue weighted by Crippen LogP contribution is 2.51. The lowest BCUT2D eigenvalue weighted by atomic mass is 9.89. The van der Waals surface area contributed by atoms with Crippen LogP contribution < -0.4 is 5.73 Å². The smallest absolute Gasteiger partial charge is 0.0178 e. The Hall–Kier alpha value is -0.340. The average Bonchev–Trinajstić information content (AvgIpc) is 2.86. The van der Waals surface area contributed by atoms with Crippen LogP contribution in [-0.4, -0.2) is 6.54 Å². The van der Waals surface area contributed by atoms with Gasteiger partial charge in [-0.3, -0.25) is 0 Å². The minimum absolute atomic E-state index is 0.430. The Kier molecular flexibility index (Phi) is 2.67. The Morgan fingerprint density at radius 2 is 2.14 bits per heavy atom. The van der Waals surface area contributed by atoms with Gasteiger partial charge in [0.25, 0.3) is 0 Å². The third-order valence-corrected chi connectivity index (χ3v) is 3.73. The molecule has 0 radical (unpaired) electrons. The number of hydrogen-bond acceptors (Lipinski definition) is 1. The molecule has 0 aromatic heterocycles. The van der Waals surface area contributed by atoms with Gasteiger partial charge in [0, 0.05) is 4.47 Å². The van der Waals surface area contributed by atoms with Gasteiger partial charge < -0.3 is 5.73 Å². The van der Waals surface area contributed by atoms with Crippen molar-refractivity contribution in [2.24, 2.45) is 5.73 Å². The Labute approximate surface area is 93.8 Å². The van der Waals surface area contributed by atoms with Crippen LogP contribution in [0.2, 0.25) is 0 Å². The van der Waals surface area contributed by atoms with Crippen molar-refractivity contribution < 1.29 is 0 Å². The molecule has 14 heavy (non-hydrogen) atoms. The lowest BCUT2D eigenvalue weighted by Crippen LogP contribution is -2.14. The molecule has 0 amide bonds. The molecule has 2 heteroatoms. The normalized spacial score (nSPS) is 18.2. The van der Waals surface area contributed by atoms with E-state index in [0.717, 1.165) is 13.0 Å². The number of rotatable bonds is 3. The lowest BCUT2D eigenvalue weighted by molar-refractivity contribution is 0.625. The van der Waals surface area contributed by atoms with Crippen LogP contribution in [0.3, 0.4) is 0 Å². The molecule has 0 aliphatic heterocycles. The Balaban J connectivity index is 2.32. The summed E-state index contributed by atoms with van der Waals surface area (Å²) in [6.07, 6.45) is 3.76. The molecule has 1 nitrogen and oxygen atoms in total. The molecule has 1 saturated carbocycles. The Morgan fingerprint density at radius 1 is 1.43 bits per heavy atom. The van der Waals surface area contributed by atoms with Gasteiger partial charge in [0.05, 0.1) is 0 Å². The zero-order chi connectivity index (χ0) is 10.2. The summed E-state index contributed by atoms with van der Waals surface area (Å²) in [5.74, 6) is 0. The molecular weight excluding hydrogens is 238 g/mol. The largest absolute Gasteiger partial charge is 0.330 e. The topological polar surface area (TPSA) is 26.0 Å². The summed E-state index contributed by atoms with van der Waals surface area (Å²) in [6, 6.07) is 6.59. The van der Waals surface area contributed by atoms with E-state index in [-0.39, 0.29) is 0 Å². The van der Waals surface area contributed by atoms with Crippen molar-refractivity contribution in [3.63, 3.8) is 0 Å². The Morgan fingerprint density at radius 3 is 2.64 bits per heavy atom. The predicted octanol–water partition coefficient (Wildman–Crippen LogP) is 3.14. The van der Waals surface area contributed by atoms with Crippen LogP contribution in [0.25, 0.3) is 0 Å². The molecular formula is C12H16BrN. The van der Waals surface area contributed by atoms with E-state index in [4.69, 9.17) is 5.73 Å². The lowest BCUT2D eigenvalue weighted by Gasteiger charge is -2.17. The summed E-state index contributed by atoms with van der Waals surface area (Å²) < 4.78 is 1.17. The molecule has 0 atom stereocenters. The van der Waals surface area contributed by atoms with Gasteiger partial charge in [0.1, 0.15) is 0 Å². The molecule has 1 aliphatic rings. The maximum atomic E-state index is 5.66. The van der Waals surface area contributed by atoms with E-state index in [2.05, 4.69) is 41.1 Å². The van der Waals surface area contributed by atoms with E-state index in [1.165, 1.54) is 28.4 Å². The third-order valence-electron chi connectivity index (χ3n) is 3.24. The molecule has 2 rings (SSSR count). The van der Waals surface area contributed by atoms with Gasteiger partial charge in [-0.15, -0.1) is 0 Å². The summed E-state index contributed by atoms with van der Waals surface area (Å²) in [5, 5.41) is 0. The van der Waals surface area contributed by atoms with Crippen molar-refractivity contribution in [1.29, 1.82) is 0 Å². The molecule has 1 aliphatic carbocycles. The van der Waals surface area contributed by atoms with Crippen molar-refractivity contribution in [2.45, 2.75) is 31.6 Å². The molecule has 0 saturated heterocycles. The SMILES string of the molecule is Cc1cc(Br)ccc1C1(CCN)CC1. The standard InChI is InChI=1S/C12H16BrN/c1-9-8-10(13)2-3-11(9)12(4-5-12)6-7-14/h2-3,8H,4-7,14H2,1H3. The number of benzene rings is 1. The molecule has 1 fully saturated rings. The fourth-order valence-corrected chi connectivity index (χ4v) is 2.78. The molecule has 1 aromatic rings. The molecule has 0 heterocycles. The summed E-state index contributed by atoms with van der Waals surface area (Å²) in [5.41, 5.74) is 8.99. The van der Waals surface area contributed by atoms with Gasteiger partial charge in [0.2, 0.25) is 0 Å². The monoisotopic (exact) mass is 253 g/mol. The molecule has 0 unspecified atom stereocenters. The molecule has 76 valence electrons. The highest BCUT2D eigenvalue weighted by molar-refractivity contribution is 9.10. The van der Waals surface area contributed by atoms with E-state index in [0.29, 0.717) is 5.41 Å². The first-order valence-electron chi connectivity index (χ1n) is 5.15. The maximum absolute atomic E-state index is 5.66. The van der Waals surface area contributed by atoms with Gasteiger partial charge in [0.15, 0.2) is 0 Å². The fourth-order valence-electron chi connectivity index (χ4n) is 2.30. The number of nitrogens with two attached hydrogens (primary N) is 1. The highest BCUT2D eigenvalue weighted by Gasteiger charge is 2.43. The number of hydrogen-bond donors (Lipinski definition) is 1. The van der Waals surface area contributed by atoms with Crippen LogP contribution in [0, 0.1) is 6.92 Å². The van der Waals surface area contributed by atoms with E-state index < -0.39 is 0 Å². The average molecular weight is 254 g/mol. The first-order chi connectivity index (χ1) is 6.68. The maximum Gasteiger partial charge on any atom is 0.0178 e. The van der Waals surface area contributed by atoms with Crippen LogP contribution in [0.4, 0.5) is 0 Å². The summed E-state index contributed by atoms with van der Waals surface area (Å²) in [6.45, 7) is 2.99. The van der Waals surface area contributed by atoms with Crippen molar-refractivity contribution in [1.82, 2.24) is 0 Å². The highest BCUT2D eigenvalue weighted by atomic mass is 79.9. The third kappa shape index (κ3) is 1.73. The summed E-state index contributed by atoms with van der Waals surface area (Å²) in [4.78, 5) is 0. The van der Waals surface area contributed by atoms with Crippen LogP contribution in [0.15, 0.2) is 22.7 Å². The molecule has 0 spiro atoms. The Bertz CT molecular complexity index is 342. The van der Waals surface area contributed by atoms with E-state index in [1.54, 1.807) is 0 Å². The summed E-state index contributed by atoms with van der Waals surface area (Å²) >= 11 is 3.50. The molecule has 0 bridgehead atoms. The van der Waals surface area contributed by atoms with Crippen LogP contribution in [0.5, 0.6) is 0 Å². The zero-order valence-electron chi connectivity index (χ0n) is 8.52. The second-order valence-corrected chi connectivity index (χ2v) is 5.19. The zero-order valence-corrected chi connectivity index (χ0v) is 10.1. The fraction of sp³-hybridized carbons (Fsp3) is 0.500. The second kappa shape index (κ2) is 3.67. The molecule has 1 aromatic carbocycles. The van der Waals surface area contributed by atoms with Crippen molar-refractivity contribution >= 4 is 15.9 Å². The van der Waals surface area contributed by atoms with Crippen LogP contribution >= 0.6 is 15.9 Å². The minimum atomic E-state index is 0.430. The quantitative estimate of drug-likeness (QED) is 0.881. The van der Waals surface area contributed by atoms with Crippen molar-refractivity contribution in [2.75, 3.05) is 6.54 Å². The van der Waals surface area contributed by atoms with Gasteiger partial charge >= 0.3 is 0 Å². The van der Waals surface area contributed by atoms with E-state index in [9.17, 15) is 0 Å². The minimum Gasteiger partial charge on any atom is -0.330 e. The number of aryl methyl sites for hydroxylation is 1. The van der Waals surface area contributed by atoms with Gasteiger partial charge in [-0.25, -0.2) is 0 Å². The van der Waals surface area contributed by atoms with Gasteiger partial charge in [-0.1, -0.05) is 22.0 Å². The van der Waals surface area contributed by atoms with Crippen LogP contribution in [0.1, 0.15) is 30.4 Å². The van der Waals surface area contributed by atoms with Crippen molar-refractivity contribution in [3.8, 4) is 0 Å². The predicted molar refractivity (Wildman–Crippen MR) is 63.5 cm³/mol. The van der Waals surface area contributed by atoms with Crippen molar-refractivity contribution in [3.05, 3.63) is 33.8 Å². The molecule has 2 N–H and O–H groups in total. The van der Waals surface area contributed by atoms with Gasteiger partial charge in [-0.05, 0) is 61.4 Å². The second-order valence-electron chi connectivity index (χ2n) is 4.28. The van der Waals surface area contributed by atoms with E-state index in [1.807, 2.05) is 0 Å². The van der Waals surface area contributed by atoms with Gasteiger partial charge in [-0.2, -0.15) is 0 Å².